The summed E-state index contributed by atoms with van der Waals surface area (Å²) in [6.07, 6.45) is 7.42. The van der Waals surface area contributed by atoms with Gasteiger partial charge in [0, 0.05) is 12.0 Å². The van der Waals surface area contributed by atoms with Crippen LogP contribution in [0.4, 0.5) is 5.69 Å². The lowest BCUT2D eigenvalue weighted by atomic mass is 9.80. The van der Waals surface area contributed by atoms with Crippen LogP contribution in [0.5, 0.6) is 0 Å². The highest BCUT2D eigenvalue weighted by atomic mass is 79.9. The summed E-state index contributed by atoms with van der Waals surface area (Å²) in [5.74, 6) is -0.0204. The van der Waals surface area contributed by atoms with Crippen molar-refractivity contribution >= 4 is 27.5 Å². The molecule has 3 N–H and O–H groups in total. The second-order valence-corrected chi connectivity index (χ2v) is 6.23. The van der Waals surface area contributed by atoms with Crippen LogP contribution in [0, 0.1) is 6.92 Å². The fourth-order valence-electron chi connectivity index (χ4n) is 2.58. The van der Waals surface area contributed by atoms with E-state index in [1.54, 1.807) is 6.20 Å². The fraction of sp³-hybridized carbons (Fsp3) is 0.571. The average molecular weight is 326 g/mol. The van der Waals surface area contributed by atoms with Gasteiger partial charge in [-0.15, -0.1) is 0 Å². The Morgan fingerprint density at radius 3 is 2.79 bits per heavy atom. The second-order valence-electron chi connectivity index (χ2n) is 5.48. The lowest BCUT2D eigenvalue weighted by molar-refractivity contribution is -0.117. The minimum Gasteiger partial charge on any atom is -0.325 e. The number of rotatable bonds is 3. The molecule has 1 fully saturated rings. The van der Waals surface area contributed by atoms with Crippen LogP contribution in [0.1, 0.15) is 44.1 Å². The summed E-state index contributed by atoms with van der Waals surface area (Å²) in [5.41, 5.74) is 7.69. The van der Waals surface area contributed by atoms with E-state index >= 15 is 0 Å². The Balaban J connectivity index is 1.95. The molecule has 0 unspecified atom stereocenters. The van der Waals surface area contributed by atoms with E-state index < -0.39 is 0 Å². The maximum Gasteiger partial charge on any atom is 0.226 e. The van der Waals surface area contributed by atoms with Crippen LogP contribution in [-0.4, -0.2) is 16.4 Å². The number of nitrogens with two attached hydrogens (primary N) is 1. The maximum atomic E-state index is 12.1. The summed E-state index contributed by atoms with van der Waals surface area (Å²) in [5, 5.41) is 2.88. The van der Waals surface area contributed by atoms with Gasteiger partial charge in [0.2, 0.25) is 5.91 Å². The van der Waals surface area contributed by atoms with Crippen molar-refractivity contribution in [2.75, 3.05) is 5.32 Å². The van der Waals surface area contributed by atoms with Crippen LogP contribution < -0.4 is 11.1 Å². The standard InChI is InChI=1S/C14H20BrN3O/c1-10-7-11(9-17-13(10)15)18-12(19)8-14(16)5-3-2-4-6-14/h7,9H,2-6,8,16H2,1H3,(H,18,19). The summed E-state index contributed by atoms with van der Waals surface area (Å²) in [7, 11) is 0. The first kappa shape index (κ1) is 14.5. The van der Waals surface area contributed by atoms with Crippen LogP contribution in [0.3, 0.4) is 0 Å². The number of anilines is 1. The number of pyridine rings is 1. The summed E-state index contributed by atoms with van der Waals surface area (Å²) < 4.78 is 0.799. The van der Waals surface area contributed by atoms with Crippen molar-refractivity contribution in [3.05, 3.63) is 22.4 Å². The van der Waals surface area contributed by atoms with Gasteiger partial charge in [-0.3, -0.25) is 4.79 Å². The Morgan fingerprint density at radius 2 is 2.16 bits per heavy atom. The number of hydrogen-bond acceptors (Lipinski definition) is 3. The van der Waals surface area contributed by atoms with Gasteiger partial charge in [0.15, 0.2) is 0 Å². The summed E-state index contributed by atoms with van der Waals surface area (Å²) >= 11 is 3.34. The first-order valence-electron chi connectivity index (χ1n) is 6.69. The van der Waals surface area contributed by atoms with E-state index in [0.717, 1.165) is 41.5 Å². The van der Waals surface area contributed by atoms with Crippen LogP contribution in [0.15, 0.2) is 16.9 Å². The monoisotopic (exact) mass is 325 g/mol. The van der Waals surface area contributed by atoms with Gasteiger partial charge in [-0.1, -0.05) is 19.3 Å². The van der Waals surface area contributed by atoms with E-state index in [0.29, 0.717) is 6.42 Å². The van der Waals surface area contributed by atoms with Crippen molar-refractivity contribution in [3.63, 3.8) is 0 Å². The molecule has 104 valence electrons. The number of carbonyl (C=O) groups is 1. The summed E-state index contributed by atoms with van der Waals surface area (Å²) in [4.78, 5) is 16.2. The zero-order chi connectivity index (χ0) is 13.9. The summed E-state index contributed by atoms with van der Waals surface area (Å²) in [6, 6.07) is 1.90. The molecule has 1 aliphatic rings. The van der Waals surface area contributed by atoms with E-state index in [-0.39, 0.29) is 11.4 Å². The Hall–Kier alpha value is -0.940. The quantitative estimate of drug-likeness (QED) is 0.839. The maximum absolute atomic E-state index is 12.1. The zero-order valence-corrected chi connectivity index (χ0v) is 12.8. The normalized spacial score (nSPS) is 18.1. The Bertz CT molecular complexity index is 470. The third-order valence-electron chi connectivity index (χ3n) is 3.66. The molecule has 0 aromatic carbocycles. The smallest absolute Gasteiger partial charge is 0.226 e. The van der Waals surface area contributed by atoms with Crippen LogP contribution >= 0.6 is 15.9 Å². The zero-order valence-electron chi connectivity index (χ0n) is 11.2. The molecule has 2 rings (SSSR count). The number of halogens is 1. The number of nitrogens with one attached hydrogen (secondary N) is 1. The third-order valence-corrected chi connectivity index (χ3v) is 4.49. The molecule has 0 radical (unpaired) electrons. The SMILES string of the molecule is Cc1cc(NC(=O)CC2(N)CCCCC2)cnc1Br. The number of amides is 1. The number of aryl methyl sites for hydroxylation is 1. The molecule has 4 nitrogen and oxygen atoms in total. The van der Waals surface area contributed by atoms with Crippen molar-refractivity contribution in [2.45, 2.75) is 51.0 Å². The first-order valence-corrected chi connectivity index (χ1v) is 7.49. The minimum atomic E-state index is -0.319. The third kappa shape index (κ3) is 4.01. The average Bonchev–Trinajstić information content (AvgIpc) is 2.34. The van der Waals surface area contributed by atoms with Gasteiger partial charge in [0.25, 0.3) is 0 Å². The van der Waals surface area contributed by atoms with E-state index in [9.17, 15) is 4.79 Å². The molecule has 1 amide bonds. The van der Waals surface area contributed by atoms with Crippen LogP contribution in [0.2, 0.25) is 0 Å². The van der Waals surface area contributed by atoms with Gasteiger partial charge >= 0.3 is 0 Å². The molecule has 0 aliphatic heterocycles. The minimum absolute atomic E-state index is 0.0204. The lowest BCUT2D eigenvalue weighted by Gasteiger charge is -2.32. The van der Waals surface area contributed by atoms with Crippen molar-refractivity contribution in [3.8, 4) is 0 Å². The molecule has 1 aromatic rings. The van der Waals surface area contributed by atoms with Gasteiger partial charge < -0.3 is 11.1 Å². The van der Waals surface area contributed by atoms with E-state index in [4.69, 9.17) is 5.73 Å². The topological polar surface area (TPSA) is 68.0 Å². The molecule has 0 atom stereocenters. The summed E-state index contributed by atoms with van der Waals surface area (Å²) in [6.45, 7) is 1.94. The molecule has 1 saturated carbocycles. The molecule has 1 aliphatic carbocycles. The molecular weight excluding hydrogens is 306 g/mol. The second kappa shape index (κ2) is 6.01. The number of hydrogen-bond donors (Lipinski definition) is 2. The highest BCUT2D eigenvalue weighted by molar-refractivity contribution is 9.10. The first-order chi connectivity index (χ1) is 8.98. The molecular formula is C14H20BrN3O. The van der Waals surface area contributed by atoms with Crippen molar-refractivity contribution in [2.24, 2.45) is 5.73 Å². The molecule has 0 saturated heterocycles. The highest BCUT2D eigenvalue weighted by Crippen LogP contribution is 2.29. The number of carbonyl (C=O) groups excluding carboxylic acids is 1. The van der Waals surface area contributed by atoms with Crippen molar-refractivity contribution < 1.29 is 4.79 Å². The predicted octanol–water partition coefficient (Wildman–Crippen LogP) is 3.14. The Kier molecular flexibility index (Phi) is 4.58. The molecule has 0 spiro atoms. The van der Waals surface area contributed by atoms with Gasteiger partial charge in [-0.05, 0) is 47.3 Å². The molecule has 0 bridgehead atoms. The van der Waals surface area contributed by atoms with Crippen molar-refractivity contribution in [1.29, 1.82) is 0 Å². The Labute approximate surface area is 122 Å². The molecule has 19 heavy (non-hydrogen) atoms. The van der Waals surface area contributed by atoms with Crippen molar-refractivity contribution in [1.82, 2.24) is 4.98 Å². The van der Waals surface area contributed by atoms with E-state index in [2.05, 4.69) is 26.2 Å². The van der Waals surface area contributed by atoms with Crippen LogP contribution in [-0.2, 0) is 4.79 Å². The van der Waals surface area contributed by atoms with Crippen LogP contribution in [0.25, 0.3) is 0 Å². The highest BCUT2D eigenvalue weighted by Gasteiger charge is 2.29. The van der Waals surface area contributed by atoms with Gasteiger partial charge in [0.05, 0.1) is 11.9 Å². The van der Waals surface area contributed by atoms with Gasteiger partial charge in [0.1, 0.15) is 4.60 Å². The van der Waals surface area contributed by atoms with E-state index in [1.165, 1.54) is 6.42 Å². The molecule has 1 aromatic heterocycles. The fourth-order valence-corrected chi connectivity index (χ4v) is 2.80. The largest absolute Gasteiger partial charge is 0.325 e. The lowest BCUT2D eigenvalue weighted by Crippen LogP contribution is -2.44. The Morgan fingerprint density at radius 1 is 1.47 bits per heavy atom. The van der Waals surface area contributed by atoms with Gasteiger partial charge in [-0.2, -0.15) is 0 Å². The van der Waals surface area contributed by atoms with Gasteiger partial charge in [-0.25, -0.2) is 4.98 Å². The molecule has 5 heteroatoms. The predicted molar refractivity (Wildman–Crippen MR) is 79.9 cm³/mol. The molecule has 1 heterocycles. The number of aromatic nitrogens is 1. The number of nitrogens with zero attached hydrogens (tertiary/aromatic N) is 1. The van der Waals surface area contributed by atoms with E-state index in [1.807, 2.05) is 13.0 Å².